The molecule has 3 N–H and O–H groups in total. The Morgan fingerprint density at radius 1 is 1.03 bits per heavy atom. The van der Waals surface area contributed by atoms with Crippen molar-refractivity contribution in [2.24, 2.45) is 0 Å². The number of aliphatic hydroxyl groups is 2. The van der Waals surface area contributed by atoms with Gasteiger partial charge >= 0.3 is 6.03 Å². The van der Waals surface area contributed by atoms with Gasteiger partial charge in [0.25, 0.3) is 0 Å². The molecule has 0 aliphatic carbocycles. The number of Topliss-reactive ketones (excluding diaryl/α,β-unsaturated/α-hetero) is 1. The van der Waals surface area contributed by atoms with Gasteiger partial charge in [0.2, 0.25) is 0 Å². The Kier molecular flexibility index (Phi) is 7.82. The van der Waals surface area contributed by atoms with Crippen LogP contribution in [0.2, 0.25) is 0 Å². The third-order valence-electron chi connectivity index (χ3n) is 5.55. The Morgan fingerprint density at radius 2 is 1.61 bits per heavy atom. The number of carbonyl (C=O) groups excluding carboxylic acids is 2. The van der Waals surface area contributed by atoms with Crippen LogP contribution in [0.3, 0.4) is 0 Å². The summed E-state index contributed by atoms with van der Waals surface area (Å²) in [7, 11) is 0. The summed E-state index contributed by atoms with van der Waals surface area (Å²) in [6, 6.07) is 16.6. The minimum absolute atomic E-state index is 0.354. The van der Waals surface area contributed by atoms with Crippen LogP contribution in [0.4, 0.5) is 4.79 Å². The first kappa shape index (κ1) is 22.5. The fourth-order valence-electron chi connectivity index (χ4n) is 3.71. The number of nitrogens with zero attached hydrogens (tertiary/aromatic N) is 1. The zero-order valence-electron chi connectivity index (χ0n) is 17.6. The van der Waals surface area contributed by atoms with Crippen LogP contribution in [0.25, 0.3) is 0 Å². The van der Waals surface area contributed by atoms with Crippen molar-refractivity contribution < 1.29 is 19.8 Å². The van der Waals surface area contributed by atoms with Gasteiger partial charge in [-0.25, -0.2) is 4.79 Å². The van der Waals surface area contributed by atoms with Crippen molar-refractivity contribution in [3.63, 3.8) is 0 Å². The Bertz CT molecular complexity index is 937. The molecule has 2 atom stereocenters. The maximum atomic E-state index is 12.5. The van der Waals surface area contributed by atoms with Crippen molar-refractivity contribution in [1.82, 2.24) is 10.2 Å². The second kappa shape index (κ2) is 10.8. The van der Waals surface area contributed by atoms with Gasteiger partial charge in [-0.2, -0.15) is 0 Å². The molecular formula is C25H28N2O4. The van der Waals surface area contributed by atoms with E-state index >= 15 is 0 Å². The number of amides is 2. The molecule has 2 amide bonds. The summed E-state index contributed by atoms with van der Waals surface area (Å²) in [6.07, 6.45) is 0.565. The zero-order chi connectivity index (χ0) is 22.2. The quantitative estimate of drug-likeness (QED) is 0.648. The van der Waals surface area contributed by atoms with Gasteiger partial charge in [-0.1, -0.05) is 42.2 Å². The second-order valence-corrected chi connectivity index (χ2v) is 7.79. The molecule has 0 radical (unpaired) electrons. The molecule has 0 unspecified atom stereocenters. The van der Waals surface area contributed by atoms with Crippen molar-refractivity contribution in [3.05, 3.63) is 71.3 Å². The van der Waals surface area contributed by atoms with Gasteiger partial charge in [0.15, 0.2) is 5.78 Å². The second-order valence-electron chi connectivity index (χ2n) is 7.79. The first-order chi connectivity index (χ1) is 15.0. The highest BCUT2D eigenvalue weighted by molar-refractivity contribution is 5.89. The molecule has 31 heavy (non-hydrogen) atoms. The van der Waals surface area contributed by atoms with Gasteiger partial charge in [-0.3, -0.25) is 4.79 Å². The average molecular weight is 421 g/mol. The highest BCUT2D eigenvalue weighted by Gasteiger charge is 2.29. The Morgan fingerprint density at radius 3 is 2.16 bits per heavy atom. The topological polar surface area (TPSA) is 89.9 Å². The van der Waals surface area contributed by atoms with E-state index in [-0.39, 0.29) is 0 Å². The summed E-state index contributed by atoms with van der Waals surface area (Å²) in [5.41, 5.74) is 3.17. The Labute approximate surface area is 182 Å². The predicted octanol–water partition coefficient (Wildman–Crippen LogP) is 2.29. The normalized spacial score (nSPS) is 16.0. The molecule has 1 fully saturated rings. The van der Waals surface area contributed by atoms with E-state index in [1.807, 2.05) is 42.5 Å². The van der Waals surface area contributed by atoms with Crippen molar-refractivity contribution in [1.29, 1.82) is 0 Å². The molecular weight excluding hydrogens is 392 g/mol. The summed E-state index contributed by atoms with van der Waals surface area (Å²) >= 11 is 0. The van der Waals surface area contributed by atoms with E-state index in [4.69, 9.17) is 5.11 Å². The number of piperidine rings is 1. The molecule has 0 aromatic heterocycles. The number of urea groups is 1. The summed E-state index contributed by atoms with van der Waals surface area (Å²) in [4.78, 5) is 25.8. The van der Waals surface area contributed by atoms with Gasteiger partial charge < -0.3 is 20.4 Å². The van der Waals surface area contributed by atoms with Gasteiger partial charge in [0.05, 0.1) is 6.10 Å². The molecule has 2 aromatic rings. The van der Waals surface area contributed by atoms with E-state index in [1.54, 1.807) is 4.90 Å². The summed E-state index contributed by atoms with van der Waals surface area (Å²) < 4.78 is 0. The fourth-order valence-corrected chi connectivity index (χ4v) is 3.71. The Hall–Kier alpha value is -3.14. The summed E-state index contributed by atoms with van der Waals surface area (Å²) in [5, 5.41) is 21.3. The van der Waals surface area contributed by atoms with Crippen LogP contribution in [0.1, 0.15) is 42.4 Å². The highest BCUT2D eigenvalue weighted by Crippen LogP contribution is 2.28. The number of ketones is 1. The summed E-state index contributed by atoms with van der Waals surface area (Å²) in [5.74, 6) is 6.08. The van der Waals surface area contributed by atoms with E-state index in [0.717, 1.165) is 24.0 Å². The van der Waals surface area contributed by atoms with E-state index in [9.17, 15) is 14.7 Å². The average Bonchev–Trinajstić information content (AvgIpc) is 2.81. The number of nitrogens with one attached hydrogen (secondary N) is 1. The van der Waals surface area contributed by atoms with Crippen LogP contribution < -0.4 is 5.32 Å². The number of hydrogen-bond acceptors (Lipinski definition) is 4. The number of aliphatic hydroxyl groups excluding tert-OH is 2. The lowest BCUT2D eigenvalue weighted by atomic mass is 9.89. The third kappa shape index (κ3) is 6.17. The van der Waals surface area contributed by atoms with Gasteiger partial charge in [0.1, 0.15) is 12.6 Å². The van der Waals surface area contributed by atoms with Crippen LogP contribution in [-0.2, 0) is 4.79 Å². The van der Waals surface area contributed by atoms with Gasteiger partial charge in [-0.15, -0.1) is 0 Å². The number of benzene rings is 2. The Balaban J connectivity index is 1.54. The van der Waals surface area contributed by atoms with E-state index in [1.165, 1.54) is 12.5 Å². The van der Waals surface area contributed by atoms with Crippen molar-refractivity contribution in [3.8, 4) is 11.8 Å². The molecule has 1 aliphatic heterocycles. The number of rotatable bonds is 5. The van der Waals surface area contributed by atoms with E-state index in [0.29, 0.717) is 19.0 Å². The molecule has 6 heteroatoms. The third-order valence-corrected chi connectivity index (χ3v) is 5.55. The van der Waals surface area contributed by atoms with E-state index < -0.39 is 30.6 Å². The minimum atomic E-state index is -1.10. The molecule has 0 bridgehead atoms. The fraction of sp³-hybridized carbons (Fsp3) is 0.360. The number of hydrogen-bond donors (Lipinski definition) is 3. The molecule has 1 aliphatic rings. The van der Waals surface area contributed by atoms with Crippen LogP contribution >= 0.6 is 0 Å². The zero-order valence-corrected chi connectivity index (χ0v) is 17.6. The van der Waals surface area contributed by atoms with Crippen LogP contribution in [0.15, 0.2) is 54.6 Å². The van der Waals surface area contributed by atoms with Crippen molar-refractivity contribution >= 4 is 11.8 Å². The SMILES string of the molecule is C[C@@H](O)[C@H](NC(=O)N1CCC(c2ccc(C#Cc3ccccc3)cc2)CC1)C(=O)CO. The van der Waals surface area contributed by atoms with Crippen LogP contribution in [0.5, 0.6) is 0 Å². The van der Waals surface area contributed by atoms with Crippen LogP contribution in [-0.4, -0.2) is 58.8 Å². The molecule has 162 valence electrons. The minimum Gasteiger partial charge on any atom is -0.391 e. The summed E-state index contributed by atoms with van der Waals surface area (Å²) in [6.45, 7) is 1.82. The number of carbonyl (C=O) groups is 2. The van der Waals surface area contributed by atoms with Crippen molar-refractivity contribution in [2.45, 2.75) is 37.8 Å². The maximum absolute atomic E-state index is 12.5. The molecule has 0 spiro atoms. The molecule has 2 aromatic carbocycles. The molecule has 0 saturated carbocycles. The first-order valence-corrected chi connectivity index (χ1v) is 10.5. The monoisotopic (exact) mass is 420 g/mol. The van der Waals surface area contributed by atoms with E-state index in [2.05, 4.69) is 29.3 Å². The predicted molar refractivity (Wildman–Crippen MR) is 119 cm³/mol. The standard InChI is InChI=1S/C25H28N2O4/c1-18(29)24(23(30)17-28)26-25(31)27-15-13-22(14-16-27)21-11-9-20(10-12-21)8-7-19-5-3-2-4-6-19/h2-6,9-12,18,22,24,28-29H,13-17H2,1H3,(H,26,31)/t18-,24+/m1/s1. The van der Waals surface area contributed by atoms with Gasteiger partial charge in [0, 0.05) is 24.2 Å². The van der Waals surface area contributed by atoms with Gasteiger partial charge in [-0.05, 0) is 55.5 Å². The molecule has 1 heterocycles. The number of likely N-dealkylation sites (tertiary alicyclic amines) is 1. The lowest BCUT2D eigenvalue weighted by molar-refractivity contribution is -0.125. The van der Waals surface area contributed by atoms with Crippen molar-refractivity contribution in [2.75, 3.05) is 19.7 Å². The largest absolute Gasteiger partial charge is 0.391 e. The highest BCUT2D eigenvalue weighted by atomic mass is 16.3. The lowest BCUT2D eigenvalue weighted by Crippen LogP contribution is -2.54. The maximum Gasteiger partial charge on any atom is 0.318 e. The lowest BCUT2D eigenvalue weighted by Gasteiger charge is -2.33. The molecule has 3 rings (SSSR count). The van der Waals surface area contributed by atoms with Crippen LogP contribution in [0, 0.1) is 11.8 Å². The smallest absolute Gasteiger partial charge is 0.318 e. The first-order valence-electron chi connectivity index (χ1n) is 10.5. The molecule has 6 nitrogen and oxygen atoms in total. The molecule has 1 saturated heterocycles.